The standard InChI is InChI=1S/C11H12BrNO/c12-9-3-1-2-8(6-9)11(13)5-4-10(14)7-11/h1-3,6H,4-5,7,13H2. The number of carbonyl (C=O) groups excluding carboxylic acids is 1. The van der Waals surface area contributed by atoms with Gasteiger partial charge in [0.05, 0.1) is 0 Å². The number of hydrogen-bond donors (Lipinski definition) is 1. The summed E-state index contributed by atoms with van der Waals surface area (Å²) in [6.07, 6.45) is 1.86. The van der Waals surface area contributed by atoms with Crippen LogP contribution >= 0.6 is 15.9 Å². The van der Waals surface area contributed by atoms with Gasteiger partial charge in [-0.1, -0.05) is 28.1 Å². The molecule has 1 aromatic carbocycles. The maximum absolute atomic E-state index is 11.2. The predicted octanol–water partition coefficient (Wildman–Crippen LogP) is 2.36. The number of carbonyl (C=O) groups is 1. The number of benzene rings is 1. The monoisotopic (exact) mass is 253 g/mol. The van der Waals surface area contributed by atoms with Crippen molar-refractivity contribution in [2.24, 2.45) is 5.73 Å². The van der Waals surface area contributed by atoms with Gasteiger partial charge in [-0.3, -0.25) is 4.79 Å². The van der Waals surface area contributed by atoms with Gasteiger partial charge in [0.15, 0.2) is 0 Å². The summed E-state index contributed by atoms with van der Waals surface area (Å²) in [7, 11) is 0. The van der Waals surface area contributed by atoms with Crippen molar-refractivity contribution in [3.8, 4) is 0 Å². The van der Waals surface area contributed by atoms with Gasteiger partial charge in [0.25, 0.3) is 0 Å². The number of ketones is 1. The Balaban J connectivity index is 2.34. The van der Waals surface area contributed by atoms with Gasteiger partial charge < -0.3 is 5.73 Å². The first kappa shape index (κ1) is 9.87. The molecule has 0 amide bonds. The highest BCUT2D eigenvalue weighted by molar-refractivity contribution is 9.10. The average Bonchev–Trinajstić information content (AvgIpc) is 2.48. The van der Waals surface area contributed by atoms with Crippen LogP contribution in [0.2, 0.25) is 0 Å². The van der Waals surface area contributed by atoms with Crippen molar-refractivity contribution in [2.75, 3.05) is 0 Å². The van der Waals surface area contributed by atoms with E-state index < -0.39 is 5.54 Å². The van der Waals surface area contributed by atoms with Crippen molar-refractivity contribution in [3.05, 3.63) is 34.3 Å². The van der Waals surface area contributed by atoms with Gasteiger partial charge in [-0.05, 0) is 24.1 Å². The van der Waals surface area contributed by atoms with Crippen LogP contribution in [-0.4, -0.2) is 5.78 Å². The Morgan fingerprint density at radius 1 is 1.43 bits per heavy atom. The molecule has 1 unspecified atom stereocenters. The van der Waals surface area contributed by atoms with Crippen molar-refractivity contribution in [2.45, 2.75) is 24.8 Å². The van der Waals surface area contributed by atoms with Gasteiger partial charge in [0.2, 0.25) is 0 Å². The van der Waals surface area contributed by atoms with Gasteiger partial charge in [0.1, 0.15) is 5.78 Å². The lowest BCUT2D eigenvalue weighted by atomic mass is 9.89. The Morgan fingerprint density at radius 2 is 2.21 bits per heavy atom. The fourth-order valence-corrected chi connectivity index (χ4v) is 2.33. The molecule has 0 bridgehead atoms. The van der Waals surface area contributed by atoms with E-state index in [9.17, 15) is 4.79 Å². The molecule has 1 saturated carbocycles. The van der Waals surface area contributed by atoms with E-state index >= 15 is 0 Å². The molecule has 0 heterocycles. The molecule has 74 valence electrons. The third-order valence-electron chi connectivity index (χ3n) is 2.76. The van der Waals surface area contributed by atoms with E-state index in [-0.39, 0.29) is 5.78 Å². The summed E-state index contributed by atoms with van der Waals surface area (Å²) < 4.78 is 1.01. The zero-order valence-electron chi connectivity index (χ0n) is 7.79. The quantitative estimate of drug-likeness (QED) is 0.835. The predicted molar refractivity (Wildman–Crippen MR) is 58.9 cm³/mol. The van der Waals surface area contributed by atoms with Crippen LogP contribution in [0.3, 0.4) is 0 Å². The molecular formula is C11H12BrNO. The molecule has 2 rings (SSSR count). The zero-order chi connectivity index (χ0) is 10.2. The summed E-state index contributed by atoms with van der Waals surface area (Å²) >= 11 is 3.41. The van der Waals surface area contributed by atoms with Crippen LogP contribution in [0.15, 0.2) is 28.7 Å². The molecule has 0 aliphatic heterocycles. The summed E-state index contributed by atoms with van der Waals surface area (Å²) in [6.45, 7) is 0. The molecule has 1 aromatic rings. The number of nitrogens with two attached hydrogens (primary N) is 1. The van der Waals surface area contributed by atoms with E-state index in [0.717, 1.165) is 16.5 Å². The molecule has 1 aliphatic carbocycles. The van der Waals surface area contributed by atoms with E-state index in [1.165, 1.54) is 0 Å². The van der Waals surface area contributed by atoms with Crippen LogP contribution < -0.4 is 5.73 Å². The zero-order valence-corrected chi connectivity index (χ0v) is 9.38. The summed E-state index contributed by atoms with van der Waals surface area (Å²) in [6, 6.07) is 7.91. The molecule has 1 fully saturated rings. The van der Waals surface area contributed by atoms with Crippen molar-refractivity contribution in [1.29, 1.82) is 0 Å². The Kier molecular flexibility index (Phi) is 2.45. The van der Waals surface area contributed by atoms with Crippen molar-refractivity contribution < 1.29 is 4.79 Å². The van der Waals surface area contributed by atoms with Gasteiger partial charge >= 0.3 is 0 Å². The summed E-state index contributed by atoms with van der Waals surface area (Å²) in [4.78, 5) is 11.2. The van der Waals surface area contributed by atoms with E-state index in [1.54, 1.807) is 0 Å². The lowest BCUT2D eigenvalue weighted by molar-refractivity contribution is -0.117. The molecule has 0 aromatic heterocycles. The second kappa shape index (κ2) is 3.48. The van der Waals surface area contributed by atoms with Crippen molar-refractivity contribution in [3.63, 3.8) is 0 Å². The van der Waals surface area contributed by atoms with E-state index in [2.05, 4.69) is 15.9 Å². The van der Waals surface area contributed by atoms with Crippen molar-refractivity contribution >= 4 is 21.7 Å². The van der Waals surface area contributed by atoms with Crippen LogP contribution in [0.4, 0.5) is 0 Å². The Morgan fingerprint density at radius 3 is 2.79 bits per heavy atom. The normalized spacial score (nSPS) is 26.9. The maximum Gasteiger partial charge on any atom is 0.135 e. The molecule has 3 heteroatoms. The molecule has 1 aliphatic rings. The van der Waals surface area contributed by atoms with E-state index in [1.807, 2.05) is 24.3 Å². The summed E-state index contributed by atoms with van der Waals surface area (Å²) in [5.41, 5.74) is 6.82. The highest BCUT2D eigenvalue weighted by Gasteiger charge is 2.36. The van der Waals surface area contributed by atoms with Crippen LogP contribution in [0.1, 0.15) is 24.8 Å². The summed E-state index contributed by atoms with van der Waals surface area (Å²) in [5.74, 6) is 0.271. The number of hydrogen-bond acceptors (Lipinski definition) is 2. The molecule has 0 saturated heterocycles. The first-order valence-corrected chi connectivity index (χ1v) is 5.46. The third kappa shape index (κ3) is 1.74. The Hall–Kier alpha value is -0.670. The Bertz CT molecular complexity index is 377. The highest BCUT2D eigenvalue weighted by Crippen LogP contribution is 2.35. The lowest BCUT2D eigenvalue weighted by Gasteiger charge is -2.23. The fourth-order valence-electron chi connectivity index (χ4n) is 1.94. The van der Waals surface area contributed by atoms with Crippen LogP contribution in [0.5, 0.6) is 0 Å². The highest BCUT2D eigenvalue weighted by atomic mass is 79.9. The number of rotatable bonds is 1. The summed E-state index contributed by atoms with van der Waals surface area (Å²) in [5, 5.41) is 0. The molecular weight excluding hydrogens is 242 g/mol. The van der Waals surface area contributed by atoms with Crippen molar-refractivity contribution in [1.82, 2.24) is 0 Å². The number of Topliss-reactive ketones (excluding diaryl/α,β-unsaturated/α-hetero) is 1. The SMILES string of the molecule is NC1(c2cccc(Br)c2)CCC(=O)C1. The molecule has 1 atom stereocenters. The lowest BCUT2D eigenvalue weighted by Crippen LogP contribution is -2.33. The largest absolute Gasteiger partial charge is 0.321 e. The molecule has 2 N–H and O–H groups in total. The van der Waals surface area contributed by atoms with Crippen LogP contribution in [-0.2, 0) is 10.3 Å². The molecule has 14 heavy (non-hydrogen) atoms. The van der Waals surface area contributed by atoms with E-state index in [4.69, 9.17) is 5.73 Å². The number of halogens is 1. The minimum Gasteiger partial charge on any atom is -0.321 e. The minimum atomic E-state index is -0.430. The first-order chi connectivity index (χ1) is 6.60. The third-order valence-corrected chi connectivity index (χ3v) is 3.26. The van der Waals surface area contributed by atoms with Gasteiger partial charge in [-0.2, -0.15) is 0 Å². The Labute approximate surface area is 91.6 Å². The minimum absolute atomic E-state index is 0.271. The first-order valence-electron chi connectivity index (χ1n) is 4.67. The van der Waals surface area contributed by atoms with Gasteiger partial charge in [-0.25, -0.2) is 0 Å². The van der Waals surface area contributed by atoms with Crippen LogP contribution in [0, 0.1) is 0 Å². The second-order valence-electron chi connectivity index (χ2n) is 3.88. The van der Waals surface area contributed by atoms with Gasteiger partial charge in [-0.15, -0.1) is 0 Å². The smallest absolute Gasteiger partial charge is 0.135 e. The fraction of sp³-hybridized carbons (Fsp3) is 0.364. The molecule has 2 nitrogen and oxygen atoms in total. The topological polar surface area (TPSA) is 43.1 Å². The van der Waals surface area contributed by atoms with Crippen LogP contribution in [0.25, 0.3) is 0 Å². The second-order valence-corrected chi connectivity index (χ2v) is 4.80. The van der Waals surface area contributed by atoms with E-state index in [0.29, 0.717) is 12.8 Å². The molecule has 0 spiro atoms. The maximum atomic E-state index is 11.2. The average molecular weight is 254 g/mol. The molecule has 0 radical (unpaired) electrons. The van der Waals surface area contributed by atoms with Gasteiger partial charge in [0, 0.05) is 22.9 Å².